The summed E-state index contributed by atoms with van der Waals surface area (Å²) in [7, 11) is -3.24. The number of hydrogen-bond donors (Lipinski definition) is 2. The van der Waals surface area contributed by atoms with Gasteiger partial charge in [0, 0.05) is 11.3 Å². The molecule has 0 bridgehead atoms. The number of nitrogens with zero attached hydrogens (tertiary/aromatic N) is 2. The molecule has 0 saturated carbocycles. The molecule has 1 aliphatic rings. The minimum Gasteiger partial charge on any atom is -0.293 e. The van der Waals surface area contributed by atoms with E-state index in [0.717, 1.165) is 42.7 Å². The van der Waals surface area contributed by atoms with Gasteiger partial charge in [-0.05, 0) is 29.7 Å². The van der Waals surface area contributed by atoms with Gasteiger partial charge in [-0.1, -0.05) is 36.4 Å². The molecule has 126 valence electrons. The van der Waals surface area contributed by atoms with Crippen molar-refractivity contribution in [3.63, 3.8) is 0 Å². The van der Waals surface area contributed by atoms with E-state index >= 15 is 0 Å². The van der Waals surface area contributed by atoms with Gasteiger partial charge in [-0.3, -0.25) is 14.7 Å². The van der Waals surface area contributed by atoms with Crippen molar-refractivity contribution in [1.82, 2.24) is 5.01 Å². The number of rotatable bonds is 5. The maximum atomic E-state index is 11.2. The van der Waals surface area contributed by atoms with Gasteiger partial charge >= 0.3 is 0 Å². The smallest absolute Gasteiger partial charge is 0.229 e. The molecule has 0 spiro atoms. The maximum Gasteiger partial charge on any atom is 0.229 e. The summed E-state index contributed by atoms with van der Waals surface area (Å²) < 4.78 is 24.9. The molecule has 0 saturated heterocycles. The lowest BCUT2D eigenvalue weighted by Gasteiger charge is -2.13. The Morgan fingerprint density at radius 3 is 2.17 bits per heavy atom. The van der Waals surface area contributed by atoms with Gasteiger partial charge in [-0.25, -0.2) is 14.3 Å². The van der Waals surface area contributed by atoms with Crippen molar-refractivity contribution in [2.45, 2.75) is 6.42 Å². The SMILES string of the molecule is CS(=O)(=O)Nc1ccc(Cc2ccc(C3=NCCN3N)cc2)cc1. The van der Waals surface area contributed by atoms with Crippen LogP contribution in [0.4, 0.5) is 5.69 Å². The molecule has 6 nitrogen and oxygen atoms in total. The molecule has 7 heteroatoms. The Labute approximate surface area is 142 Å². The first-order valence-electron chi connectivity index (χ1n) is 7.63. The van der Waals surface area contributed by atoms with Crippen molar-refractivity contribution in [3.8, 4) is 0 Å². The number of hydrazine groups is 1. The summed E-state index contributed by atoms with van der Waals surface area (Å²) in [6.45, 7) is 1.49. The molecule has 0 unspecified atom stereocenters. The van der Waals surface area contributed by atoms with Crippen molar-refractivity contribution in [2.24, 2.45) is 10.8 Å². The lowest BCUT2D eigenvalue weighted by molar-refractivity contribution is 0.484. The molecule has 1 heterocycles. The second kappa shape index (κ2) is 6.62. The zero-order valence-electron chi connectivity index (χ0n) is 13.4. The minimum absolute atomic E-state index is 0.568. The van der Waals surface area contributed by atoms with Gasteiger partial charge in [0.25, 0.3) is 0 Å². The van der Waals surface area contributed by atoms with Crippen LogP contribution in [0.2, 0.25) is 0 Å². The lowest BCUT2D eigenvalue weighted by Crippen LogP contribution is -2.34. The van der Waals surface area contributed by atoms with Crippen LogP contribution >= 0.6 is 0 Å². The van der Waals surface area contributed by atoms with Crippen LogP contribution in [-0.4, -0.2) is 38.6 Å². The van der Waals surface area contributed by atoms with Crippen LogP contribution in [0.1, 0.15) is 16.7 Å². The van der Waals surface area contributed by atoms with Crippen LogP contribution in [0.5, 0.6) is 0 Å². The number of sulfonamides is 1. The fourth-order valence-corrected chi connectivity index (χ4v) is 3.19. The summed E-state index contributed by atoms with van der Waals surface area (Å²) >= 11 is 0. The normalized spacial score (nSPS) is 14.6. The first-order valence-corrected chi connectivity index (χ1v) is 9.52. The van der Waals surface area contributed by atoms with E-state index in [1.165, 1.54) is 5.56 Å². The molecule has 0 radical (unpaired) electrons. The van der Waals surface area contributed by atoms with Crippen LogP contribution in [0.25, 0.3) is 0 Å². The zero-order chi connectivity index (χ0) is 17.2. The summed E-state index contributed by atoms with van der Waals surface area (Å²) in [5, 5.41) is 1.67. The number of anilines is 1. The molecule has 0 amide bonds. The van der Waals surface area contributed by atoms with Crippen molar-refractivity contribution in [2.75, 3.05) is 24.1 Å². The summed E-state index contributed by atoms with van der Waals surface area (Å²) in [5.41, 5.74) is 3.87. The van der Waals surface area contributed by atoms with Gasteiger partial charge in [0.1, 0.15) is 5.84 Å². The Balaban J connectivity index is 1.68. The molecular formula is C17H20N4O2S. The molecule has 0 aliphatic carbocycles. The molecule has 0 atom stereocenters. The van der Waals surface area contributed by atoms with E-state index < -0.39 is 10.0 Å². The number of benzene rings is 2. The third-order valence-corrected chi connectivity index (χ3v) is 4.36. The topological polar surface area (TPSA) is 87.8 Å². The van der Waals surface area contributed by atoms with Gasteiger partial charge < -0.3 is 0 Å². The van der Waals surface area contributed by atoms with E-state index in [2.05, 4.69) is 21.8 Å². The highest BCUT2D eigenvalue weighted by atomic mass is 32.2. The molecule has 24 heavy (non-hydrogen) atoms. The molecule has 3 N–H and O–H groups in total. The van der Waals surface area contributed by atoms with E-state index in [1.54, 1.807) is 17.1 Å². The van der Waals surface area contributed by atoms with Gasteiger partial charge in [-0.15, -0.1) is 0 Å². The lowest BCUT2D eigenvalue weighted by atomic mass is 10.0. The van der Waals surface area contributed by atoms with Gasteiger partial charge in [0.05, 0.1) is 19.3 Å². The Hall–Kier alpha value is -2.38. The second-order valence-corrected chi connectivity index (χ2v) is 7.59. The summed E-state index contributed by atoms with van der Waals surface area (Å²) in [6, 6.07) is 15.6. The fraction of sp³-hybridized carbons (Fsp3) is 0.235. The number of nitrogens with two attached hydrogens (primary N) is 1. The predicted molar refractivity (Wildman–Crippen MR) is 96.5 cm³/mol. The third kappa shape index (κ3) is 4.12. The molecule has 2 aromatic carbocycles. The zero-order valence-corrected chi connectivity index (χ0v) is 14.3. The largest absolute Gasteiger partial charge is 0.293 e. The summed E-state index contributed by atoms with van der Waals surface area (Å²) in [4.78, 5) is 4.40. The van der Waals surface area contributed by atoms with Gasteiger partial charge in [0.15, 0.2) is 0 Å². The van der Waals surface area contributed by atoms with E-state index in [-0.39, 0.29) is 0 Å². The molecule has 3 rings (SSSR count). The van der Waals surface area contributed by atoms with Crippen LogP contribution in [0, 0.1) is 0 Å². The van der Waals surface area contributed by atoms with Crippen LogP contribution in [-0.2, 0) is 16.4 Å². The van der Waals surface area contributed by atoms with E-state index in [1.807, 2.05) is 24.3 Å². The Kier molecular flexibility index (Phi) is 4.55. The van der Waals surface area contributed by atoms with Crippen molar-refractivity contribution >= 4 is 21.5 Å². The molecule has 2 aromatic rings. The highest BCUT2D eigenvalue weighted by molar-refractivity contribution is 7.92. The molecular weight excluding hydrogens is 324 g/mol. The van der Waals surface area contributed by atoms with Gasteiger partial charge in [-0.2, -0.15) is 0 Å². The van der Waals surface area contributed by atoms with Crippen molar-refractivity contribution in [1.29, 1.82) is 0 Å². The predicted octanol–water partition coefficient (Wildman–Crippen LogP) is 1.58. The van der Waals surface area contributed by atoms with Crippen molar-refractivity contribution in [3.05, 3.63) is 65.2 Å². The Morgan fingerprint density at radius 2 is 1.67 bits per heavy atom. The number of amidine groups is 1. The van der Waals surface area contributed by atoms with E-state index in [9.17, 15) is 8.42 Å². The summed E-state index contributed by atoms with van der Waals surface area (Å²) in [6.07, 6.45) is 1.91. The monoisotopic (exact) mass is 344 g/mol. The number of hydrogen-bond acceptors (Lipinski definition) is 5. The quantitative estimate of drug-likeness (QED) is 0.806. The van der Waals surface area contributed by atoms with Crippen LogP contribution in [0.15, 0.2) is 53.5 Å². The average Bonchev–Trinajstić information content (AvgIpc) is 2.95. The van der Waals surface area contributed by atoms with E-state index in [0.29, 0.717) is 5.69 Å². The third-order valence-electron chi connectivity index (χ3n) is 3.75. The second-order valence-electron chi connectivity index (χ2n) is 5.84. The highest BCUT2D eigenvalue weighted by Gasteiger charge is 2.14. The Bertz CT molecular complexity index is 843. The molecule has 0 fully saturated rings. The number of aliphatic imine (C=N–C) groups is 1. The summed E-state index contributed by atoms with van der Waals surface area (Å²) in [5.74, 6) is 6.72. The fourth-order valence-electron chi connectivity index (χ4n) is 2.63. The van der Waals surface area contributed by atoms with Crippen LogP contribution < -0.4 is 10.6 Å². The standard InChI is InChI=1S/C17H20N4O2S/c1-24(22,23)20-16-8-4-14(5-9-16)12-13-2-6-15(7-3-13)17-19-10-11-21(17)18/h2-9,20H,10-12,18H2,1H3. The van der Waals surface area contributed by atoms with Gasteiger partial charge in [0.2, 0.25) is 10.0 Å². The van der Waals surface area contributed by atoms with Crippen molar-refractivity contribution < 1.29 is 8.42 Å². The Morgan fingerprint density at radius 1 is 1.08 bits per heavy atom. The number of nitrogens with one attached hydrogen (secondary N) is 1. The minimum atomic E-state index is -3.24. The molecule has 1 aliphatic heterocycles. The highest BCUT2D eigenvalue weighted by Crippen LogP contribution is 2.16. The first-order chi connectivity index (χ1) is 11.4. The maximum absolute atomic E-state index is 11.2. The molecule has 0 aromatic heterocycles. The first kappa shape index (κ1) is 16.5. The van der Waals surface area contributed by atoms with Crippen LogP contribution in [0.3, 0.4) is 0 Å². The average molecular weight is 344 g/mol. The van der Waals surface area contributed by atoms with E-state index in [4.69, 9.17) is 5.84 Å².